The van der Waals surface area contributed by atoms with E-state index in [2.05, 4.69) is 15.0 Å². The van der Waals surface area contributed by atoms with E-state index < -0.39 is 30.2 Å². The van der Waals surface area contributed by atoms with Crippen LogP contribution in [0.15, 0.2) is 49.1 Å². The van der Waals surface area contributed by atoms with Crippen molar-refractivity contribution in [2.45, 2.75) is 25.9 Å². The second kappa shape index (κ2) is 8.61. The molecule has 0 spiro atoms. The molecule has 9 nitrogen and oxygen atoms in total. The second-order valence-electron chi connectivity index (χ2n) is 7.79. The summed E-state index contributed by atoms with van der Waals surface area (Å²) in [5.41, 5.74) is 5.45. The highest BCUT2D eigenvalue weighted by atomic mass is 19.4. The van der Waals surface area contributed by atoms with E-state index in [0.717, 1.165) is 22.1 Å². The number of aromatic nitrogens is 3. The number of alkyl halides is 3. The van der Waals surface area contributed by atoms with Crippen LogP contribution in [0.5, 0.6) is 11.6 Å². The summed E-state index contributed by atoms with van der Waals surface area (Å²) in [7, 11) is 0. The number of pyridine rings is 1. The van der Waals surface area contributed by atoms with Crippen LogP contribution in [0.25, 0.3) is 0 Å². The molecule has 3 aromatic rings. The third-order valence-corrected chi connectivity index (χ3v) is 5.08. The molecule has 1 fully saturated rings. The Bertz CT molecular complexity index is 1260. The lowest BCUT2D eigenvalue weighted by atomic mass is 10.0. The molecule has 12 heteroatoms. The summed E-state index contributed by atoms with van der Waals surface area (Å²) in [5, 5.41) is 0. The molecule has 2 aromatic heterocycles. The van der Waals surface area contributed by atoms with Gasteiger partial charge in [-0.15, -0.1) is 0 Å². The van der Waals surface area contributed by atoms with E-state index in [0.29, 0.717) is 17.5 Å². The lowest BCUT2D eigenvalue weighted by Gasteiger charge is -2.20. The maximum atomic E-state index is 13.1. The van der Waals surface area contributed by atoms with Gasteiger partial charge in [-0.05, 0) is 35.7 Å². The first-order chi connectivity index (χ1) is 16.0. The van der Waals surface area contributed by atoms with Crippen LogP contribution in [0.1, 0.15) is 30.9 Å². The molecule has 0 saturated carbocycles. The van der Waals surface area contributed by atoms with Gasteiger partial charge in [-0.25, -0.2) is 19.7 Å². The number of rotatable bonds is 5. The quantitative estimate of drug-likeness (QED) is 0.549. The number of nitrogens with zero attached hydrogens (tertiary/aromatic N) is 5. The molecule has 2 N–H and O–H groups in total. The van der Waals surface area contributed by atoms with Gasteiger partial charge in [0.2, 0.25) is 5.88 Å². The van der Waals surface area contributed by atoms with Gasteiger partial charge in [-0.3, -0.25) is 14.7 Å². The molecule has 0 unspecified atom stereocenters. The van der Waals surface area contributed by atoms with Crippen molar-refractivity contribution in [2.75, 3.05) is 22.1 Å². The van der Waals surface area contributed by atoms with Crippen molar-refractivity contribution in [3.05, 3.63) is 60.2 Å². The second-order valence-corrected chi connectivity index (χ2v) is 7.79. The Labute approximate surface area is 192 Å². The number of urea groups is 1. The molecule has 0 aliphatic carbocycles. The third-order valence-electron chi connectivity index (χ3n) is 5.08. The van der Waals surface area contributed by atoms with Crippen molar-refractivity contribution in [1.82, 2.24) is 15.0 Å². The molecule has 1 aliphatic rings. The molecule has 1 aromatic carbocycles. The number of halogens is 3. The monoisotopic (exact) mass is 472 g/mol. The first-order valence-corrected chi connectivity index (χ1v) is 10.1. The largest absolute Gasteiger partial charge is 0.439 e. The maximum absolute atomic E-state index is 13.1. The van der Waals surface area contributed by atoms with E-state index in [1.165, 1.54) is 18.5 Å². The zero-order chi connectivity index (χ0) is 24.6. The highest BCUT2D eigenvalue weighted by Crippen LogP contribution is 2.36. The molecule has 0 atom stereocenters. The third kappa shape index (κ3) is 4.47. The number of nitrogen functional groups attached to an aromatic ring is 1. The lowest BCUT2D eigenvalue weighted by Crippen LogP contribution is -2.33. The minimum atomic E-state index is -4.63. The predicted molar refractivity (Wildman–Crippen MR) is 117 cm³/mol. The van der Waals surface area contributed by atoms with Gasteiger partial charge in [0.15, 0.2) is 0 Å². The van der Waals surface area contributed by atoms with Gasteiger partial charge >= 0.3 is 12.2 Å². The fraction of sp³-hybridized carbons (Fsp3) is 0.227. The molecule has 4 rings (SSSR count). The van der Waals surface area contributed by atoms with Gasteiger partial charge in [-0.1, -0.05) is 13.8 Å². The number of imide groups is 1. The molecule has 3 amide bonds. The van der Waals surface area contributed by atoms with Gasteiger partial charge in [-0.2, -0.15) is 13.2 Å². The van der Waals surface area contributed by atoms with E-state index in [9.17, 15) is 22.8 Å². The van der Waals surface area contributed by atoms with Crippen LogP contribution >= 0.6 is 0 Å². The van der Waals surface area contributed by atoms with Crippen molar-refractivity contribution in [3.8, 4) is 11.6 Å². The van der Waals surface area contributed by atoms with Crippen molar-refractivity contribution in [2.24, 2.45) is 0 Å². The summed E-state index contributed by atoms with van der Waals surface area (Å²) >= 11 is 0. The normalized spacial score (nSPS) is 14.3. The molecular weight excluding hydrogens is 453 g/mol. The van der Waals surface area contributed by atoms with Gasteiger partial charge in [0, 0.05) is 12.3 Å². The summed E-state index contributed by atoms with van der Waals surface area (Å²) < 4.78 is 45.0. The summed E-state index contributed by atoms with van der Waals surface area (Å²) in [6.45, 7) is 3.38. The Kier molecular flexibility index (Phi) is 5.82. The van der Waals surface area contributed by atoms with Crippen LogP contribution in [-0.2, 0) is 11.0 Å². The van der Waals surface area contributed by atoms with Crippen LogP contribution < -0.4 is 20.3 Å². The van der Waals surface area contributed by atoms with E-state index in [4.69, 9.17) is 10.5 Å². The Balaban J connectivity index is 1.65. The number of benzene rings is 1. The van der Waals surface area contributed by atoms with Crippen LogP contribution in [0, 0.1) is 0 Å². The number of carbonyl (C=O) groups is 2. The van der Waals surface area contributed by atoms with Gasteiger partial charge in [0.25, 0.3) is 5.91 Å². The fourth-order valence-corrected chi connectivity index (χ4v) is 3.43. The van der Waals surface area contributed by atoms with Crippen LogP contribution in [0.2, 0.25) is 0 Å². The first-order valence-electron chi connectivity index (χ1n) is 10.1. The summed E-state index contributed by atoms with van der Waals surface area (Å²) in [4.78, 5) is 39.0. The van der Waals surface area contributed by atoms with Gasteiger partial charge in [0.05, 0.1) is 23.1 Å². The molecule has 176 valence electrons. The van der Waals surface area contributed by atoms with Gasteiger partial charge in [0.1, 0.15) is 24.4 Å². The minimum Gasteiger partial charge on any atom is -0.439 e. The van der Waals surface area contributed by atoms with Crippen molar-refractivity contribution in [3.63, 3.8) is 0 Å². The minimum absolute atomic E-state index is 0.0642. The zero-order valence-electron chi connectivity index (χ0n) is 18.1. The van der Waals surface area contributed by atoms with E-state index in [1.807, 2.05) is 13.8 Å². The molecule has 3 heterocycles. The topological polar surface area (TPSA) is 115 Å². The molecule has 1 aliphatic heterocycles. The Morgan fingerprint density at radius 2 is 1.82 bits per heavy atom. The molecule has 34 heavy (non-hydrogen) atoms. The number of nitrogens with two attached hydrogens (primary N) is 1. The number of hydrogen-bond donors (Lipinski definition) is 1. The zero-order valence-corrected chi connectivity index (χ0v) is 18.1. The molecule has 0 bridgehead atoms. The lowest BCUT2D eigenvalue weighted by molar-refractivity contribution is -0.137. The average Bonchev–Trinajstić information content (AvgIpc) is 3.07. The number of anilines is 3. The summed E-state index contributed by atoms with van der Waals surface area (Å²) in [6.07, 6.45) is -1.62. The first kappa shape index (κ1) is 23.0. The SMILES string of the molecule is CC(C)c1cc(N2C(=O)CN(c3cncc(C(F)(F)F)c3)C2=O)ccc1Oc1cc(N)ncn1. The number of ether oxygens (including phenoxy) is 1. The summed E-state index contributed by atoms with van der Waals surface area (Å²) in [6, 6.07) is 6.16. The average molecular weight is 472 g/mol. The smallest absolute Gasteiger partial charge is 0.417 e. The maximum Gasteiger partial charge on any atom is 0.417 e. The van der Waals surface area contributed by atoms with Crippen LogP contribution in [-0.4, -0.2) is 33.4 Å². The molecule has 1 saturated heterocycles. The Morgan fingerprint density at radius 3 is 2.50 bits per heavy atom. The number of hydrogen-bond acceptors (Lipinski definition) is 7. The van der Waals surface area contributed by atoms with Gasteiger partial charge < -0.3 is 10.5 Å². The van der Waals surface area contributed by atoms with Crippen molar-refractivity contribution in [1.29, 1.82) is 0 Å². The standard InChI is InChI=1S/C22H19F3N6O3/c1-12(2)16-6-14(3-4-17(16)34-19-7-18(26)28-11-29-19)31-20(32)10-30(21(31)33)15-5-13(8-27-9-15)22(23,24)25/h3-9,11-12H,10H2,1-2H3,(H2,26,28,29). The number of amides is 3. The molecule has 0 radical (unpaired) electrons. The van der Waals surface area contributed by atoms with Crippen LogP contribution in [0.3, 0.4) is 0 Å². The fourth-order valence-electron chi connectivity index (χ4n) is 3.43. The predicted octanol–water partition coefficient (Wildman–Crippen LogP) is 4.36. The number of carbonyl (C=O) groups excluding carboxylic acids is 2. The van der Waals surface area contributed by atoms with E-state index in [1.54, 1.807) is 12.1 Å². The molecular formula is C22H19F3N6O3. The van der Waals surface area contributed by atoms with E-state index >= 15 is 0 Å². The van der Waals surface area contributed by atoms with Crippen LogP contribution in [0.4, 0.5) is 35.2 Å². The Morgan fingerprint density at radius 1 is 1.06 bits per heavy atom. The highest BCUT2D eigenvalue weighted by molar-refractivity contribution is 6.27. The Hall–Kier alpha value is -4.22. The van der Waals surface area contributed by atoms with Crippen molar-refractivity contribution < 1.29 is 27.5 Å². The van der Waals surface area contributed by atoms with Crippen molar-refractivity contribution >= 4 is 29.1 Å². The summed E-state index contributed by atoms with van der Waals surface area (Å²) in [5.74, 6) is 0.235. The highest BCUT2D eigenvalue weighted by Gasteiger charge is 2.40. The van der Waals surface area contributed by atoms with E-state index in [-0.39, 0.29) is 29.0 Å².